The Morgan fingerprint density at radius 3 is 1.57 bits per heavy atom. The zero-order valence-corrected chi connectivity index (χ0v) is 28.7. The Hall–Kier alpha value is -5.92. The van der Waals surface area contributed by atoms with Gasteiger partial charge in [0.15, 0.2) is 11.4 Å². The molecule has 4 aromatic heterocycles. The van der Waals surface area contributed by atoms with Crippen LogP contribution in [0.15, 0.2) is 68.9 Å². The number of nitrogens with one attached hydrogen (secondary N) is 1. The molecule has 0 bridgehead atoms. The van der Waals surface area contributed by atoms with Gasteiger partial charge in [0.1, 0.15) is 24.8 Å². The number of carboxylic acids is 1. The first-order chi connectivity index (χ1) is 24.5. The predicted molar refractivity (Wildman–Crippen MR) is 193 cm³/mol. The first-order valence-corrected chi connectivity index (χ1v) is 16.5. The zero-order chi connectivity index (χ0) is 37.2. The largest absolute Gasteiger partial charge is 0.497 e. The highest BCUT2D eigenvalue weighted by atomic mass is 32.1. The van der Waals surface area contributed by atoms with E-state index in [0.29, 0.717) is 33.3 Å². The molecule has 6 aromatic rings. The topological polar surface area (TPSA) is 233 Å². The number of carbonyl (C=O) groups is 2. The van der Waals surface area contributed by atoms with Crippen LogP contribution in [0.1, 0.15) is 21.0 Å². The molecular weight excluding hydrogens is 709 g/mol. The van der Waals surface area contributed by atoms with E-state index in [1.807, 2.05) is 0 Å². The summed E-state index contributed by atoms with van der Waals surface area (Å²) in [4.78, 5) is 49.0. The van der Waals surface area contributed by atoms with E-state index in [1.54, 1.807) is 53.9 Å². The number of benzene rings is 2. The lowest BCUT2D eigenvalue weighted by molar-refractivity contribution is 0.0690. The van der Waals surface area contributed by atoms with Crippen molar-refractivity contribution < 1.29 is 33.0 Å². The van der Waals surface area contributed by atoms with Crippen LogP contribution in [0.2, 0.25) is 0 Å². The van der Waals surface area contributed by atoms with E-state index in [-0.39, 0.29) is 45.6 Å². The summed E-state index contributed by atoms with van der Waals surface area (Å²) in [5.41, 5.74) is 16.2. The van der Waals surface area contributed by atoms with Crippen molar-refractivity contribution in [2.24, 2.45) is 5.73 Å². The molecule has 8 N–H and O–H groups in total. The summed E-state index contributed by atoms with van der Waals surface area (Å²) >= 11 is 2.26. The van der Waals surface area contributed by atoms with Crippen molar-refractivity contribution in [3.8, 4) is 22.9 Å². The number of hydrogen-bond acceptors (Lipinski definition) is 13. The lowest BCUT2D eigenvalue weighted by atomic mass is 10.2. The van der Waals surface area contributed by atoms with Crippen LogP contribution in [0.3, 0.4) is 0 Å². The smallest absolute Gasteiger partial charge is 0.357 e. The number of anilines is 2. The highest BCUT2D eigenvalue weighted by Crippen LogP contribution is 2.29. The quantitative estimate of drug-likeness (QED) is 0.144. The SMILES string of the molecule is COc1ccc(-n2nc(C(=O)NCC[18F])c3csc(N)c3c2=O)cc1.COc1ccc(-n2nc(C(=O)O)c3csc(N)c3c2=O)cc1.NCC[18F]. The number of methoxy groups -OCH3 is 2. The standard InChI is InChI=1S/C16H15FN4O3S.C14H11N3O4S.C2H6FN/c1-24-10-4-2-9(3-5-10)21-16(23)12-11(8-25-14(12)18)13(20-21)15(22)19-7-6-17;1-21-8-4-2-7(3-5-8)17-13(18)10-9(6-22-12(10)15)11(16-17)14(19)20;3-1-2-4/h2-5,8H,6-7,18H2,1H3,(H,19,22);2-6H,15H2,1H3,(H,19,20);1-2,4H2/i17-1;;3-1. The van der Waals surface area contributed by atoms with Gasteiger partial charge in [-0.05, 0) is 48.5 Å². The number of nitrogens with zero attached hydrogens (tertiary/aromatic N) is 4. The average Bonchev–Trinajstić information content (AvgIpc) is 3.74. The molecule has 0 saturated carbocycles. The fourth-order valence-electron chi connectivity index (χ4n) is 4.51. The molecule has 0 saturated heterocycles. The third kappa shape index (κ3) is 8.28. The average molecular weight is 741 g/mol. The van der Waals surface area contributed by atoms with Crippen LogP contribution in [-0.2, 0) is 0 Å². The molecule has 0 spiro atoms. The van der Waals surface area contributed by atoms with Crippen LogP contribution >= 0.6 is 22.7 Å². The van der Waals surface area contributed by atoms with Crippen LogP contribution in [0.4, 0.5) is 18.8 Å². The molecule has 15 nitrogen and oxygen atoms in total. The number of aromatic nitrogens is 4. The highest BCUT2D eigenvalue weighted by molar-refractivity contribution is 7.16. The third-order valence-corrected chi connectivity index (χ3v) is 8.53. The lowest BCUT2D eigenvalue weighted by Gasteiger charge is -2.10. The molecule has 19 heteroatoms. The maximum atomic E-state index is 12.8. The molecule has 0 fully saturated rings. The summed E-state index contributed by atoms with van der Waals surface area (Å²) in [5.74, 6) is -0.548. The molecule has 0 aliphatic carbocycles. The summed E-state index contributed by atoms with van der Waals surface area (Å²) in [6.45, 7) is -1.08. The first-order valence-electron chi connectivity index (χ1n) is 14.7. The summed E-state index contributed by atoms with van der Waals surface area (Å²) in [7, 11) is 3.06. The van der Waals surface area contributed by atoms with E-state index in [4.69, 9.17) is 20.9 Å². The van der Waals surface area contributed by atoms with Gasteiger partial charge in [-0.3, -0.25) is 14.4 Å². The van der Waals surface area contributed by atoms with Crippen LogP contribution in [0.5, 0.6) is 11.5 Å². The summed E-state index contributed by atoms with van der Waals surface area (Å²) in [6, 6.07) is 13.2. The first kappa shape index (κ1) is 37.9. The Balaban J connectivity index is 0.000000208. The van der Waals surface area contributed by atoms with Gasteiger partial charge >= 0.3 is 5.97 Å². The fourth-order valence-corrected chi connectivity index (χ4v) is 6.09. The maximum absolute atomic E-state index is 12.8. The predicted octanol–water partition coefficient (Wildman–Crippen LogP) is 3.39. The van der Waals surface area contributed by atoms with E-state index in [2.05, 4.69) is 21.2 Å². The Morgan fingerprint density at radius 1 is 0.784 bits per heavy atom. The Labute approximate surface area is 295 Å². The number of aromatic carboxylic acids is 1. The summed E-state index contributed by atoms with van der Waals surface area (Å²) in [6.07, 6.45) is 0. The van der Waals surface area contributed by atoms with Gasteiger partial charge in [-0.25, -0.2) is 13.6 Å². The number of thiophene rings is 2. The number of carboxylic acid groups (broad SMARTS) is 1. The van der Waals surface area contributed by atoms with Crippen molar-refractivity contribution in [2.75, 3.05) is 52.1 Å². The maximum Gasteiger partial charge on any atom is 0.357 e. The number of carbonyl (C=O) groups excluding carboxylic acids is 1. The van der Waals surface area contributed by atoms with Gasteiger partial charge in [0, 0.05) is 34.6 Å². The van der Waals surface area contributed by atoms with Crippen LogP contribution in [-0.4, -0.2) is 77.2 Å². The number of halogens is 2. The number of nitrogen functional groups attached to an aromatic ring is 2. The number of ether oxygens (including phenoxy) is 2. The minimum atomic E-state index is -1.22. The van der Waals surface area contributed by atoms with Gasteiger partial charge in [-0.15, -0.1) is 22.7 Å². The summed E-state index contributed by atoms with van der Waals surface area (Å²) in [5, 5.41) is 24.5. The normalized spacial score (nSPS) is 10.5. The van der Waals surface area contributed by atoms with Crippen molar-refractivity contribution in [3.63, 3.8) is 0 Å². The van der Waals surface area contributed by atoms with E-state index in [0.717, 1.165) is 32.0 Å². The van der Waals surface area contributed by atoms with E-state index < -0.39 is 36.3 Å². The van der Waals surface area contributed by atoms with Crippen molar-refractivity contribution >= 4 is 66.1 Å². The highest BCUT2D eigenvalue weighted by Gasteiger charge is 2.21. The van der Waals surface area contributed by atoms with Crippen molar-refractivity contribution in [3.05, 3.63) is 91.4 Å². The number of rotatable bonds is 9. The molecule has 268 valence electrons. The van der Waals surface area contributed by atoms with Gasteiger partial charge in [-0.1, -0.05) is 0 Å². The molecule has 4 heterocycles. The lowest BCUT2D eigenvalue weighted by Crippen LogP contribution is -2.30. The van der Waals surface area contributed by atoms with Crippen LogP contribution in [0.25, 0.3) is 32.9 Å². The molecular formula is C32H32F2N8O7S2. The van der Waals surface area contributed by atoms with Gasteiger partial charge in [0.05, 0.1) is 46.4 Å². The van der Waals surface area contributed by atoms with E-state index in [9.17, 15) is 33.1 Å². The second-order valence-corrected chi connectivity index (χ2v) is 11.9. The molecule has 2 aromatic carbocycles. The molecule has 0 aliphatic heterocycles. The molecule has 0 atom stereocenters. The minimum absolute atomic E-state index is 0.0202. The molecule has 0 unspecified atom stereocenters. The molecule has 0 radical (unpaired) electrons. The molecule has 6 rings (SSSR count). The van der Waals surface area contributed by atoms with Crippen molar-refractivity contribution in [1.29, 1.82) is 0 Å². The van der Waals surface area contributed by atoms with E-state index in [1.165, 1.54) is 19.6 Å². The molecule has 0 aliphatic rings. The Kier molecular flexibility index (Phi) is 12.7. The number of fused-ring (bicyclic) bond motifs is 2. The van der Waals surface area contributed by atoms with Crippen molar-refractivity contribution in [2.45, 2.75) is 0 Å². The Bertz CT molecular complexity index is 2270. The second kappa shape index (κ2) is 17.1. The van der Waals surface area contributed by atoms with E-state index >= 15 is 0 Å². The van der Waals surface area contributed by atoms with Gasteiger partial charge in [-0.2, -0.15) is 19.6 Å². The number of hydrogen-bond donors (Lipinski definition) is 5. The van der Waals surface area contributed by atoms with Gasteiger partial charge in [0.2, 0.25) is 0 Å². The van der Waals surface area contributed by atoms with Crippen molar-refractivity contribution in [1.82, 2.24) is 24.9 Å². The fraction of sp³-hybridized carbons (Fsp3) is 0.188. The zero-order valence-electron chi connectivity index (χ0n) is 27.1. The molecule has 51 heavy (non-hydrogen) atoms. The second-order valence-electron chi connectivity index (χ2n) is 10.0. The minimum Gasteiger partial charge on any atom is -0.497 e. The molecule has 1 amide bonds. The number of amides is 1. The third-order valence-electron chi connectivity index (χ3n) is 6.90. The number of nitrogens with two attached hydrogens (primary N) is 3. The van der Waals surface area contributed by atoms with Gasteiger partial charge < -0.3 is 37.1 Å². The monoisotopic (exact) mass is 740 g/mol. The Morgan fingerprint density at radius 2 is 1.20 bits per heavy atom. The van der Waals surface area contributed by atoms with Crippen LogP contribution in [0, 0.1) is 0 Å². The van der Waals surface area contributed by atoms with Crippen LogP contribution < -0.4 is 43.1 Å². The number of alkyl halides is 2. The van der Waals surface area contributed by atoms with Gasteiger partial charge in [0.25, 0.3) is 17.0 Å². The summed E-state index contributed by atoms with van der Waals surface area (Å²) < 4.78 is 35.2.